The van der Waals surface area contributed by atoms with E-state index in [0.29, 0.717) is 13.2 Å². The minimum atomic E-state index is -0.879. The fourth-order valence-electron chi connectivity index (χ4n) is 0.767. The molecule has 1 rings (SSSR count). The van der Waals surface area contributed by atoms with E-state index in [0.717, 1.165) is 12.0 Å². The summed E-state index contributed by atoms with van der Waals surface area (Å²) >= 11 is 0. The van der Waals surface area contributed by atoms with E-state index in [1.165, 1.54) is 6.08 Å². The molecule has 0 radical (unpaired) electrons. The maximum Gasteiger partial charge on any atom is 0.328 e. The molecule has 0 amide bonds. The fourth-order valence-corrected chi connectivity index (χ4v) is 0.767. The lowest BCUT2D eigenvalue weighted by Gasteiger charge is -1.86. The van der Waals surface area contributed by atoms with E-state index < -0.39 is 5.97 Å². The van der Waals surface area contributed by atoms with Crippen LogP contribution in [0.3, 0.4) is 0 Å². The highest BCUT2D eigenvalue weighted by molar-refractivity contribution is 5.80. The van der Waals surface area contributed by atoms with Crippen LogP contribution in [0.15, 0.2) is 11.6 Å². The third kappa shape index (κ3) is 1.85. The van der Waals surface area contributed by atoms with Gasteiger partial charge in [-0.1, -0.05) is 0 Å². The number of rotatable bonds is 1. The SMILES string of the molecule is O=C(O)C=C1CCOC1. The Morgan fingerprint density at radius 1 is 1.78 bits per heavy atom. The molecule has 1 heterocycles. The molecule has 0 aromatic heterocycles. The molecule has 1 aliphatic rings. The van der Waals surface area contributed by atoms with Crippen molar-refractivity contribution in [3.05, 3.63) is 11.6 Å². The second-order valence-electron chi connectivity index (χ2n) is 1.94. The summed E-state index contributed by atoms with van der Waals surface area (Å²) in [6, 6.07) is 0. The molecule has 50 valence electrons. The van der Waals surface area contributed by atoms with Gasteiger partial charge in [-0.05, 0) is 12.0 Å². The lowest BCUT2D eigenvalue weighted by atomic mass is 10.2. The molecule has 0 aromatic carbocycles. The van der Waals surface area contributed by atoms with Gasteiger partial charge in [-0.2, -0.15) is 0 Å². The zero-order valence-electron chi connectivity index (χ0n) is 4.96. The van der Waals surface area contributed by atoms with Crippen LogP contribution in [0, 0.1) is 0 Å². The molecule has 0 saturated carbocycles. The average molecular weight is 128 g/mol. The monoisotopic (exact) mass is 128 g/mol. The Bertz CT molecular complexity index is 140. The van der Waals surface area contributed by atoms with E-state index >= 15 is 0 Å². The molecule has 9 heavy (non-hydrogen) atoms. The van der Waals surface area contributed by atoms with E-state index in [1.54, 1.807) is 0 Å². The van der Waals surface area contributed by atoms with Crippen molar-refractivity contribution in [1.82, 2.24) is 0 Å². The van der Waals surface area contributed by atoms with Gasteiger partial charge >= 0.3 is 5.97 Å². The van der Waals surface area contributed by atoms with Crippen molar-refractivity contribution in [2.45, 2.75) is 6.42 Å². The van der Waals surface area contributed by atoms with Gasteiger partial charge in [-0.25, -0.2) is 4.79 Å². The molecule has 0 bridgehead atoms. The van der Waals surface area contributed by atoms with Gasteiger partial charge < -0.3 is 9.84 Å². The summed E-state index contributed by atoms with van der Waals surface area (Å²) in [4.78, 5) is 10.0. The maximum absolute atomic E-state index is 10.0. The molecule has 1 saturated heterocycles. The molecule has 0 atom stereocenters. The third-order valence-electron chi connectivity index (χ3n) is 1.18. The molecular weight excluding hydrogens is 120 g/mol. The smallest absolute Gasteiger partial charge is 0.328 e. The molecule has 0 aromatic rings. The maximum atomic E-state index is 10.0. The zero-order valence-corrected chi connectivity index (χ0v) is 4.96. The van der Waals surface area contributed by atoms with Gasteiger partial charge in [0.2, 0.25) is 0 Å². The predicted molar refractivity (Wildman–Crippen MR) is 31.2 cm³/mol. The molecule has 1 aliphatic heterocycles. The Labute approximate surface area is 52.9 Å². The summed E-state index contributed by atoms with van der Waals surface area (Å²) in [5.41, 5.74) is 0.877. The van der Waals surface area contributed by atoms with Crippen LogP contribution < -0.4 is 0 Å². The number of carboxylic acid groups (broad SMARTS) is 1. The van der Waals surface area contributed by atoms with Crippen LogP contribution >= 0.6 is 0 Å². The topological polar surface area (TPSA) is 46.5 Å². The number of aliphatic carboxylic acids is 1. The van der Waals surface area contributed by atoms with Crippen LogP contribution in [0.4, 0.5) is 0 Å². The first-order valence-corrected chi connectivity index (χ1v) is 2.79. The quantitative estimate of drug-likeness (QED) is 0.520. The lowest BCUT2D eigenvalue weighted by Crippen LogP contribution is -1.91. The van der Waals surface area contributed by atoms with Crippen LogP contribution in [-0.2, 0) is 9.53 Å². The second-order valence-corrected chi connectivity index (χ2v) is 1.94. The van der Waals surface area contributed by atoms with Crippen LogP contribution in [-0.4, -0.2) is 24.3 Å². The van der Waals surface area contributed by atoms with Crippen LogP contribution in [0.25, 0.3) is 0 Å². The Kier molecular flexibility index (Phi) is 1.85. The summed E-state index contributed by atoms with van der Waals surface area (Å²) in [5.74, 6) is -0.879. The lowest BCUT2D eigenvalue weighted by molar-refractivity contribution is -0.131. The van der Waals surface area contributed by atoms with Crippen molar-refractivity contribution in [1.29, 1.82) is 0 Å². The summed E-state index contributed by atoms with van der Waals surface area (Å²) in [6.45, 7) is 1.16. The van der Waals surface area contributed by atoms with Gasteiger partial charge in [0.25, 0.3) is 0 Å². The summed E-state index contributed by atoms with van der Waals surface area (Å²) in [5, 5.41) is 8.24. The van der Waals surface area contributed by atoms with Gasteiger partial charge in [0.1, 0.15) is 0 Å². The van der Waals surface area contributed by atoms with Crippen molar-refractivity contribution in [3.8, 4) is 0 Å². The Hall–Kier alpha value is -0.830. The van der Waals surface area contributed by atoms with Crippen molar-refractivity contribution in [3.63, 3.8) is 0 Å². The molecule has 3 nitrogen and oxygen atoms in total. The largest absolute Gasteiger partial charge is 0.478 e. The molecule has 1 fully saturated rings. The van der Waals surface area contributed by atoms with E-state index in [2.05, 4.69) is 0 Å². The van der Waals surface area contributed by atoms with E-state index in [1.807, 2.05) is 0 Å². The van der Waals surface area contributed by atoms with Crippen molar-refractivity contribution >= 4 is 5.97 Å². The Balaban J connectivity index is 2.49. The Morgan fingerprint density at radius 2 is 2.56 bits per heavy atom. The average Bonchev–Trinajstić information content (AvgIpc) is 2.15. The normalized spacial score (nSPS) is 22.9. The second kappa shape index (κ2) is 2.64. The first-order chi connectivity index (χ1) is 4.29. The number of carbonyl (C=O) groups is 1. The van der Waals surface area contributed by atoms with Crippen LogP contribution in [0.2, 0.25) is 0 Å². The fraction of sp³-hybridized carbons (Fsp3) is 0.500. The summed E-state index contributed by atoms with van der Waals surface area (Å²) in [7, 11) is 0. The Morgan fingerprint density at radius 3 is 3.00 bits per heavy atom. The number of carboxylic acids is 1. The minimum Gasteiger partial charge on any atom is -0.478 e. The van der Waals surface area contributed by atoms with Crippen molar-refractivity contribution < 1.29 is 14.6 Å². The number of ether oxygens (including phenoxy) is 1. The van der Waals surface area contributed by atoms with Gasteiger partial charge in [0.05, 0.1) is 13.2 Å². The van der Waals surface area contributed by atoms with E-state index in [4.69, 9.17) is 9.84 Å². The standard InChI is InChI=1S/C6H8O3/c7-6(8)3-5-1-2-9-4-5/h3H,1-2,4H2,(H,7,8). The first-order valence-electron chi connectivity index (χ1n) is 2.79. The molecular formula is C6H8O3. The highest BCUT2D eigenvalue weighted by Gasteiger charge is 2.07. The van der Waals surface area contributed by atoms with Gasteiger partial charge in [-0.3, -0.25) is 0 Å². The van der Waals surface area contributed by atoms with Crippen molar-refractivity contribution in [2.24, 2.45) is 0 Å². The zero-order chi connectivity index (χ0) is 6.69. The van der Waals surface area contributed by atoms with Crippen molar-refractivity contribution in [2.75, 3.05) is 13.2 Å². The summed E-state index contributed by atoms with van der Waals surface area (Å²) in [6.07, 6.45) is 1.99. The van der Waals surface area contributed by atoms with Gasteiger partial charge in [-0.15, -0.1) is 0 Å². The van der Waals surface area contributed by atoms with Crippen LogP contribution in [0.1, 0.15) is 6.42 Å². The minimum absolute atomic E-state index is 0.492. The predicted octanol–water partition coefficient (Wildman–Crippen LogP) is 0.418. The highest BCUT2D eigenvalue weighted by Crippen LogP contribution is 2.09. The molecule has 0 aliphatic carbocycles. The first kappa shape index (κ1) is 6.29. The van der Waals surface area contributed by atoms with E-state index in [9.17, 15) is 4.79 Å². The molecule has 1 N–H and O–H groups in total. The molecule has 3 heteroatoms. The summed E-state index contributed by atoms with van der Waals surface area (Å²) < 4.78 is 4.93. The molecule has 0 spiro atoms. The highest BCUT2D eigenvalue weighted by atomic mass is 16.5. The van der Waals surface area contributed by atoms with E-state index in [-0.39, 0.29) is 0 Å². The van der Waals surface area contributed by atoms with Gasteiger partial charge in [0.15, 0.2) is 0 Å². The number of hydrogen-bond donors (Lipinski definition) is 1. The van der Waals surface area contributed by atoms with Gasteiger partial charge in [0, 0.05) is 6.08 Å². The number of hydrogen-bond acceptors (Lipinski definition) is 2. The van der Waals surface area contributed by atoms with Crippen LogP contribution in [0.5, 0.6) is 0 Å². The third-order valence-corrected chi connectivity index (χ3v) is 1.18. The molecule has 0 unspecified atom stereocenters.